The van der Waals surface area contributed by atoms with E-state index in [-0.39, 0.29) is 5.95 Å². The second kappa shape index (κ2) is 3.74. The zero-order valence-electron chi connectivity index (χ0n) is 8.29. The van der Waals surface area contributed by atoms with E-state index < -0.39 is 0 Å². The predicted molar refractivity (Wildman–Crippen MR) is 56.5 cm³/mol. The second-order valence-electron chi connectivity index (χ2n) is 3.48. The Hall–Kier alpha value is -1.44. The highest BCUT2D eigenvalue weighted by Gasteiger charge is 2.10. The fourth-order valence-corrected chi connectivity index (χ4v) is 1.66. The molecule has 1 aromatic heterocycles. The summed E-state index contributed by atoms with van der Waals surface area (Å²) in [7, 11) is 0. The van der Waals surface area contributed by atoms with Crippen LogP contribution in [0.3, 0.4) is 0 Å². The Balaban J connectivity index is 2.44. The Morgan fingerprint density at radius 1 is 1.21 bits per heavy atom. The van der Waals surface area contributed by atoms with Gasteiger partial charge in [-0.1, -0.05) is 31.5 Å². The summed E-state index contributed by atoms with van der Waals surface area (Å²) in [5.41, 5.74) is 0. The van der Waals surface area contributed by atoms with Crippen LogP contribution >= 0.6 is 0 Å². The van der Waals surface area contributed by atoms with E-state index in [4.69, 9.17) is 4.42 Å². The second-order valence-corrected chi connectivity index (χ2v) is 3.48. The number of fused-ring (bicyclic) bond motifs is 1. The van der Waals surface area contributed by atoms with Gasteiger partial charge in [0.15, 0.2) is 0 Å². The summed E-state index contributed by atoms with van der Waals surface area (Å²) in [6, 6.07) is 7.74. The first-order valence-corrected chi connectivity index (χ1v) is 5.02. The molecule has 2 aromatic rings. The first kappa shape index (κ1) is 9.13. The Labute approximate surface area is 83.2 Å². The quantitative estimate of drug-likeness (QED) is 0.803. The van der Waals surface area contributed by atoms with Crippen LogP contribution in [0.2, 0.25) is 0 Å². The first-order chi connectivity index (χ1) is 6.83. The summed E-state index contributed by atoms with van der Waals surface area (Å²) in [5.74, 6) is 0.951. The Kier molecular flexibility index (Phi) is 2.44. The van der Waals surface area contributed by atoms with Crippen LogP contribution in [0.4, 0.5) is 0 Å². The SMILES string of the molecule is CCCCc1oc(O)c2ccccc12. The van der Waals surface area contributed by atoms with Crippen molar-refractivity contribution < 1.29 is 9.52 Å². The number of rotatable bonds is 3. The van der Waals surface area contributed by atoms with Crippen molar-refractivity contribution >= 4 is 10.8 Å². The third-order valence-corrected chi connectivity index (χ3v) is 2.44. The molecule has 0 fully saturated rings. The van der Waals surface area contributed by atoms with E-state index in [1.807, 2.05) is 24.3 Å². The molecule has 1 heterocycles. The molecule has 1 N–H and O–H groups in total. The molecule has 0 saturated carbocycles. The lowest BCUT2D eigenvalue weighted by atomic mass is 10.1. The minimum atomic E-state index is 0.0479. The molecule has 0 amide bonds. The molecule has 0 atom stereocenters. The summed E-state index contributed by atoms with van der Waals surface area (Å²) >= 11 is 0. The average molecular weight is 190 g/mol. The number of unbranched alkanes of at least 4 members (excludes halogenated alkanes) is 1. The maximum Gasteiger partial charge on any atom is 0.290 e. The summed E-state index contributed by atoms with van der Waals surface area (Å²) in [6.07, 6.45) is 3.13. The van der Waals surface area contributed by atoms with E-state index in [0.717, 1.165) is 35.8 Å². The van der Waals surface area contributed by atoms with Gasteiger partial charge in [0.2, 0.25) is 0 Å². The molecule has 0 saturated heterocycles. The lowest BCUT2D eigenvalue weighted by molar-refractivity contribution is 0.323. The van der Waals surface area contributed by atoms with Crippen molar-refractivity contribution in [2.24, 2.45) is 0 Å². The van der Waals surface area contributed by atoms with Crippen molar-refractivity contribution in [3.63, 3.8) is 0 Å². The van der Waals surface area contributed by atoms with Crippen LogP contribution in [0.25, 0.3) is 10.8 Å². The molecule has 0 spiro atoms. The number of aromatic hydroxyl groups is 1. The van der Waals surface area contributed by atoms with Gasteiger partial charge in [0.1, 0.15) is 5.76 Å². The molecule has 2 heteroatoms. The fourth-order valence-electron chi connectivity index (χ4n) is 1.66. The number of furan rings is 1. The van der Waals surface area contributed by atoms with Gasteiger partial charge in [-0.3, -0.25) is 0 Å². The van der Waals surface area contributed by atoms with Crippen LogP contribution in [0, 0.1) is 0 Å². The number of hydrogen-bond donors (Lipinski definition) is 1. The van der Waals surface area contributed by atoms with Gasteiger partial charge < -0.3 is 9.52 Å². The van der Waals surface area contributed by atoms with Crippen LogP contribution in [-0.2, 0) is 6.42 Å². The molecule has 0 aliphatic heterocycles. The zero-order chi connectivity index (χ0) is 9.97. The molecule has 14 heavy (non-hydrogen) atoms. The molecular weight excluding hydrogens is 176 g/mol. The normalized spacial score (nSPS) is 10.9. The third-order valence-electron chi connectivity index (χ3n) is 2.44. The van der Waals surface area contributed by atoms with Crippen molar-refractivity contribution in [1.82, 2.24) is 0 Å². The van der Waals surface area contributed by atoms with E-state index in [9.17, 15) is 5.11 Å². The van der Waals surface area contributed by atoms with Gasteiger partial charge in [-0.25, -0.2) is 0 Å². The Morgan fingerprint density at radius 2 is 1.93 bits per heavy atom. The molecule has 0 bridgehead atoms. The first-order valence-electron chi connectivity index (χ1n) is 5.02. The van der Waals surface area contributed by atoms with Crippen LogP contribution in [0.5, 0.6) is 5.95 Å². The van der Waals surface area contributed by atoms with Gasteiger partial charge >= 0.3 is 0 Å². The Morgan fingerprint density at radius 3 is 2.64 bits per heavy atom. The summed E-state index contributed by atoms with van der Waals surface area (Å²) in [5, 5.41) is 11.4. The van der Waals surface area contributed by atoms with Crippen molar-refractivity contribution in [3.05, 3.63) is 30.0 Å². The maximum atomic E-state index is 9.52. The maximum absolute atomic E-state index is 9.52. The molecule has 2 nitrogen and oxygen atoms in total. The number of benzene rings is 1. The third kappa shape index (κ3) is 1.48. The van der Waals surface area contributed by atoms with Crippen LogP contribution in [0.15, 0.2) is 28.7 Å². The predicted octanol–water partition coefficient (Wildman–Crippen LogP) is 3.48. The summed E-state index contributed by atoms with van der Waals surface area (Å²) < 4.78 is 5.32. The standard InChI is InChI=1S/C12H14O2/c1-2-3-8-11-9-6-4-5-7-10(9)12(13)14-11/h4-7,13H,2-3,8H2,1H3. The summed E-state index contributed by atoms with van der Waals surface area (Å²) in [6.45, 7) is 2.14. The van der Waals surface area contributed by atoms with Crippen LogP contribution in [0.1, 0.15) is 25.5 Å². The molecule has 1 aromatic carbocycles. The van der Waals surface area contributed by atoms with Gasteiger partial charge in [0, 0.05) is 11.8 Å². The average Bonchev–Trinajstić information content (AvgIpc) is 2.54. The van der Waals surface area contributed by atoms with Crippen molar-refractivity contribution in [2.45, 2.75) is 26.2 Å². The molecule has 0 aliphatic carbocycles. The van der Waals surface area contributed by atoms with Crippen LogP contribution in [-0.4, -0.2) is 5.11 Å². The highest BCUT2D eigenvalue weighted by molar-refractivity contribution is 5.88. The smallest absolute Gasteiger partial charge is 0.290 e. The summed E-state index contributed by atoms with van der Waals surface area (Å²) in [4.78, 5) is 0. The highest BCUT2D eigenvalue weighted by Crippen LogP contribution is 2.31. The lowest BCUT2D eigenvalue weighted by Gasteiger charge is -1.94. The number of hydrogen-bond acceptors (Lipinski definition) is 2. The van der Waals surface area contributed by atoms with Crippen molar-refractivity contribution in [1.29, 1.82) is 0 Å². The van der Waals surface area contributed by atoms with E-state index in [2.05, 4.69) is 6.92 Å². The van der Waals surface area contributed by atoms with Gasteiger partial charge in [0.05, 0.1) is 5.39 Å². The molecule has 0 radical (unpaired) electrons. The van der Waals surface area contributed by atoms with Gasteiger partial charge in [0.25, 0.3) is 5.95 Å². The fraction of sp³-hybridized carbons (Fsp3) is 0.333. The zero-order valence-corrected chi connectivity index (χ0v) is 8.29. The van der Waals surface area contributed by atoms with E-state index in [0.29, 0.717) is 0 Å². The largest absolute Gasteiger partial charge is 0.480 e. The molecule has 0 unspecified atom stereocenters. The highest BCUT2D eigenvalue weighted by atomic mass is 16.5. The molecule has 74 valence electrons. The Bertz CT molecular complexity index is 429. The molecule has 0 aliphatic rings. The lowest BCUT2D eigenvalue weighted by Crippen LogP contribution is -1.80. The minimum absolute atomic E-state index is 0.0479. The topological polar surface area (TPSA) is 33.4 Å². The molecule has 2 rings (SSSR count). The minimum Gasteiger partial charge on any atom is -0.480 e. The molecular formula is C12H14O2. The van der Waals surface area contributed by atoms with E-state index >= 15 is 0 Å². The van der Waals surface area contributed by atoms with Crippen molar-refractivity contribution in [3.8, 4) is 5.95 Å². The van der Waals surface area contributed by atoms with E-state index in [1.165, 1.54) is 0 Å². The number of aryl methyl sites for hydroxylation is 1. The van der Waals surface area contributed by atoms with Crippen LogP contribution < -0.4 is 0 Å². The monoisotopic (exact) mass is 190 g/mol. The van der Waals surface area contributed by atoms with Gasteiger partial charge in [-0.15, -0.1) is 0 Å². The van der Waals surface area contributed by atoms with E-state index in [1.54, 1.807) is 0 Å². The van der Waals surface area contributed by atoms with Gasteiger partial charge in [-0.05, 0) is 12.5 Å². The van der Waals surface area contributed by atoms with Crippen molar-refractivity contribution in [2.75, 3.05) is 0 Å². The van der Waals surface area contributed by atoms with Gasteiger partial charge in [-0.2, -0.15) is 0 Å².